The Morgan fingerprint density at radius 2 is 1.78 bits per heavy atom. The Kier molecular flexibility index (Phi) is 5.81. The number of aldehydes is 1. The third kappa shape index (κ3) is 4.28. The summed E-state index contributed by atoms with van der Waals surface area (Å²) in [6, 6.07) is 24.2. The van der Waals surface area contributed by atoms with Crippen LogP contribution in [0.25, 0.3) is 39.6 Å². The van der Waals surface area contributed by atoms with E-state index in [-0.39, 0.29) is 0 Å². The number of nitrogens with zero attached hydrogens (tertiary/aromatic N) is 3. The second-order valence-electron chi connectivity index (χ2n) is 8.70. The van der Waals surface area contributed by atoms with Gasteiger partial charge in [-0.3, -0.25) is 0 Å². The van der Waals surface area contributed by atoms with E-state index in [1.54, 1.807) is 12.4 Å². The summed E-state index contributed by atoms with van der Waals surface area (Å²) in [7, 11) is 0. The van der Waals surface area contributed by atoms with Gasteiger partial charge in [-0.05, 0) is 41.6 Å². The molecule has 0 radical (unpaired) electrons. The van der Waals surface area contributed by atoms with E-state index in [1.807, 2.05) is 36.4 Å². The molecule has 3 aromatic heterocycles. The van der Waals surface area contributed by atoms with Crippen molar-refractivity contribution in [2.45, 2.75) is 19.1 Å². The fraction of sp³-hybridized carbons (Fsp3) is 0.103. The smallest absolute Gasteiger partial charge is 0.177 e. The van der Waals surface area contributed by atoms with Gasteiger partial charge in [0.15, 0.2) is 5.65 Å². The molecule has 4 heterocycles. The Morgan fingerprint density at radius 1 is 0.917 bits per heavy atom. The van der Waals surface area contributed by atoms with Crippen LogP contribution in [0.1, 0.15) is 28.7 Å². The SMILES string of the molecule is O=CC1NC=Cc2nc(-c3ccc(CNCc4nc5ncccc5[nH]4)cc3)c(-c3ccccc3)cc21. The predicted molar refractivity (Wildman–Crippen MR) is 141 cm³/mol. The topological polar surface area (TPSA) is 95.6 Å². The van der Waals surface area contributed by atoms with Crippen LogP contribution in [-0.4, -0.2) is 26.2 Å². The van der Waals surface area contributed by atoms with E-state index >= 15 is 0 Å². The van der Waals surface area contributed by atoms with Crippen LogP contribution in [0.2, 0.25) is 0 Å². The van der Waals surface area contributed by atoms with E-state index in [2.05, 4.69) is 68.1 Å². The number of hydrogen-bond acceptors (Lipinski definition) is 6. The number of carbonyl (C=O) groups is 1. The van der Waals surface area contributed by atoms with Crippen molar-refractivity contribution in [1.82, 2.24) is 30.6 Å². The van der Waals surface area contributed by atoms with Crippen molar-refractivity contribution in [1.29, 1.82) is 0 Å². The number of benzene rings is 2. The molecule has 1 unspecified atom stereocenters. The van der Waals surface area contributed by atoms with E-state index in [0.29, 0.717) is 13.1 Å². The van der Waals surface area contributed by atoms with Gasteiger partial charge in [0.25, 0.3) is 0 Å². The van der Waals surface area contributed by atoms with Crippen molar-refractivity contribution < 1.29 is 4.79 Å². The molecule has 2 aromatic carbocycles. The van der Waals surface area contributed by atoms with Gasteiger partial charge in [0.1, 0.15) is 18.2 Å². The third-order valence-corrected chi connectivity index (χ3v) is 6.31. The Hall–Kier alpha value is -4.62. The zero-order valence-electron chi connectivity index (χ0n) is 19.5. The van der Waals surface area contributed by atoms with E-state index < -0.39 is 6.04 Å². The predicted octanol–water partition coefficient (Wildman–Crippen LogP) is 4.79. The normalized spacial score (nSPS) is 14.4. The van der Waals surface area contributed by atoms with E-state index in [0.717, 1.165) is 62.5 Å². The van der Waals surface area contributed by atoms with Crippen LogP contribution < -0.4 is 10.6 Å². The maximum absolute atomic E-state index is 11.6. The zero-order chi connectivity index (χ0) is 24.3. The lowest BCUT2D eigenvalue weighted by Crippen LogP contribution is -2.21. The Morgan fingerprint density at radius 3 is 2.58 bits per heavy atom. The van der Waals surface area contributed by atoms with Crippen LogP contribution in [0, 0.1) is 0 Å². The summed E-state index contributed by atoms with van der Waals surface area (Å²) in [4.78, 5) is 28.7. The molecule has 0 bridgehead atoms. The molecule has 0 saturated carbocycles. The minimum atomic E-state index is -0.398. The number of imidazole rings is 1. The summed E-state index contributed by atoms with van der Waals surface area (Å²) in [6.45, 7) is 1.34. The van der Waals surface area contributed by atoms with Crippen molar-refractivity contribution >= 4 is 23.5 Å². The molecule has 7 nitrogen and oxygen atoms in total. The fourth-order valence-corrected chi connectivity index (χ4v) is 4.50. The first-order valence-corrected chi connectivity index (χ1v) is 11.9. The first kappa shape index (κ1) is 21.9. The standard InChI is InChI=1S/C29H24N6O/c36-18-26-23-15-22(20-5-2-1-3-6-20)28(34-24(23)12-14-31-26)21-10-8-19(9-11-21)16-30-17-27-33-25-7-4-13-32-29(25)35-27/h1-15,18,26,30-31H,16-17H2,(H,32,33,35). The molecule has 0 amide bonds. The lowest BCUT2D eigenvalue weighted by atomic mass is 9.93. The summed E-state index contributed by atoms with van der Waals surface area (Å²) >= 11 is 0. The maximum Gasteiger partial charge on any atom is 0.177 e. The molecule has 6 rings (SSSR count). The Bertz CT molecular complexity index is 1520. The lowest BCUT2D eigenvalue weighted by molar-refractivity contribution is -0.109. The van der Waals surface area contributed by atoms with Gasteiger partial charge in [-0.25, -0.2) is 15.0 Å². The van der Waals surface area contributed by atoms with Crippen molar-refractivity contribution in [3.05, 3.63) is 108 Å². The second kappa shape index (κ2) is 9.56. The average Bonchev–Trinajstić information content (AvgIpc) is 3.36. The van der Waals surface area contributed by atoms with Gasteiger partial charge >= 0.3 is 0 Å². The average molecular weight is 473 g/mol. The molecule has 1 aliphatic rings. The molecule has 0 aliphatic carbocycles. The molecule has 1 aliphatic heterocycles. The van der Waals surface area contributed by atoms with Crippen LogP contribution in [0.3, 0.4) is 0 Å². The van der Waals surface area contributed by atoms with Crippen LogP contribution in [0.4, 0.5) is 0 Å². The maximum atomic E-state index is 11.6. The highest BCUT2D eigenvalue weighted by atomic mass is 16.1. The minimum absolute atomic E-state index is 0.398. The monoisotopic (exact) mass is 472 g/mol. The van der Waals surface area contributed by atoms with Gasteiger partial charge < -0.3 is 20.4 Å². The third-order valence-electron chi connectivity index (χ3n) is 6.31. The van der Waals surface area contributed by atoms with Gasteiger partial charge in [0, 0.05) is 29.4 Å². The molecular weight excluding hydrogens is 448 g/mol. The number of pyridine rings is 2. The van der Waals surface area contributed by atoms with Crippen molar-refractivity contribution in [2.75, 3.05) is 0 Å². The number of H-pyrrole nitrogens is 1. The van der Waals surface area contributed by atoms with Crippen molar-refractivity contribution in [3.8, 4) is 22.4 Å². The number of aromatic nitrogens is 4. The largest absolute Gasteiger partial charge is 0.378 e. The van der Waals surface area contributed by atoms with Crippen LogP contribution in [0.15, 0.2) is 85.2 Å². The van der Waals surface area contributed by atoms with Gasteiger partial charge in [-0.15, -0.1) is 0 Å². The summed E-state index contributed by atoms with van der Waals surface area (Å²) in [5.74, 6) is 0.863. The summed E-state index contributed by atoms with van der Waals surface area (Å²) in [5.41, 5.74) is 8.52. The van der Waals surface area contributed by atoms with Gasteiger partial charge in [-0.2, -0.15) is 0 Å². The fourth-order valence-electron chi connectivity index (χ4n) is 4.50. The molecular formula is C29H24N6O. The highest BCUT2D eigenvalue weighted by Crippen LogP contribution is 2.35. The van der Waals surface area contributed by atoms with E-state index in [1.165, 1.54) is 0 Å². The number of nitrogens with one attached hydrogen (secondary N) is 3. The van der Waals surface area contributed by atoms with Crippen LogP contribution in [-0.2, 0) is 17.9 Å². The van der Waals surface area contributed by atoms with Gasteiger partial charge in [-0.1, -0.05) is 54.6 Å². The Labute approximate surface area is 208 Å². The van der Waals surface area contributed by atoms with E-state index in [9.17, 15) is 4.79 Å². The van der Waals surface area contributed by atoms with Crippen LogP contribution in [0.5, 0.6) is 0 Å². The first-order chi connectivity index (χ1) is 17.8. The number of rotatable bonds is 7. The molecule has 36 heavy (non-hydrogen) atoms. The summed E-state index contributed by atoms with van der Waals surface area (Å²) in [5, 5.41) is 6.54. The van der Waals surface area contributed by atoms with Gasteiger partial charge in [0.05, 0.1) is 23.4 Å². The van der Waals surface area contributed by atoms with Crippen molar-refractivity contribution in [2.24, 2.45) is 0 Å². The highest BCUT2D eigenvalue weighted by molar-refractivity contribution is 5.84. The summed E-state index contributed by atoms with van der Waals surface area (Å²) in [6.07, 6.45) is 6.37. The first-order valence-electron chi connectivity index (χ1n) is 11.9. The number of carbonyl (C=O) groups excluding carboxylic acids is 1. The molecule has 0 saturated heterocycles. The van der Waals surface area contributed by atoms with Crippen molar-refractivity contribution in [3.63, 3.8) is 0 Å². The van der Waals surface area contributed by atoms with E-state index in [4.69, 9.17) is 4.98 Å². The molecule has 5 aromatic rings. The minimum Gasteiger partial charge on any atom is -0.378 e. The lowest BCUT2D eigenvalue weighted by Gasteiger charge is -2.21. The van der Waals surface area contributed by atoms with Crippen LogP contribution >= 0.6 is 0 Å². The Balaban J connectivity index is 1.25. The second-order valence-corrected chi connectivity index (χ2v) is 8.70. The molecule has 0 fully saturated rings. The summed E-state index contributed by atoms with van der Waals surface area (Å²) < 4.78 is 0. The molecule has 3 N–H and O–H groups in total. The molecule has 176 valence electrons. The molecule has 1 atom stereocenters. The molecule has 7 heteroatoms. The quantitative estimate of drug-likeness (QED) is 0.295. The number of aromatic amines is 1. The number of fused-ring (bicyclic) bond motifs is 2. The number of hydrogen-bond donors (Lipinski definition) is 3. The van der Waals surface area contributed by atoms with Gasteiger partial charge in [0.2, 0.25) is 0 Å². The highest BCUT2D eigenvalue weighted by Gasteiger charge is 2.21. The zero-order valence-corrected chi connectivity index (χ0v) is 19.5. The molecule has 0 spiro atoms.